The first-order chi connectivity index (χ1) is 19.6. The fourth-order valence-corrected chi connectivity index (χ4v) is 7.10. The van der Waals surface area contributed by atoms with Gasteiger partial charge in [-0.1, -0.05) is 18.2 Å². The van der Waals surface area contributed by atoms with E-state index in [4.69, 9.17) is 34.3 Å². The van der Waals surface area contributed by atoms with E-state index in [1.54, 1.807) is 35.3 Å². The van der Waals surface area contributed by atoms with E-state index in [2.05, 4.69) is 6.92 Å². The Morgan fingerprint density at radius 3 is 1.82 bits per heavy atom. The highest BCUT2D eigenvalue weighted by Crippen LogP contribution is 2.29. The highest BCUT2D eigenvalue weighted by Gasteiger charge is 2.24. The number of hydrogen-bond donors (Lipinski definition) is 3. The van der Waals surface area contributed by atoms with Crippen molar-refractivity contribution in [2.45, 2.75) is 99.5 Å². The Balaban J connectivity index is 0.000000217. The number of carbonyl (C=O) groups excluding carboxylic acids is 1. The third kappa shape index (κ3) is 16.2. The molecule has 0 radical (unpaired) electrons. The molecule has 230 valence electrons. The van der Waals surface area contributed by atoms with Crippen molar-refractivity contribution in [2.75, 3.05) is 37.1 Å². The summed E-state index contributed by atoms with van der Waals surface area (Å²) in [5.74, 6) is 3.07. The van der Waals surface area contributed by atoms with Crippen molar-refractivity contribution in [3.63, 3.8) is 0 Å². The number of thioether (sulfide) groups is 3. The number of carbonyl (C=O) groups is 1. The Hall–Kier alpha value is -0.500. The molecule has 3 heterocycles. The maximum atomic E-state index is 10.4. The second kappa shape index (κ2) is 23.0. The summed E-state index contributed by atoms with van der Waals surface area (Å²) in [6.45, 7) is 2.76. The lowest BCUT2D eigenvalue weighted by Gasteiger charge is -2.29. The van der Waals surface area contributed by atoms with Crippen molar-refractivity contribution in [2.24, 2.45) is 0 Å². The average molecular weight is 621 g/mol. The van der Waals surface area contributed by atoms with Crippen molar-refractivity contribution in [1.82, 2.24) is 0 Å². The van der Waals surface area contributed by atoms with Gasteiger partial charge in [-0.2, -0.15) is 0 Å². The largest absolute Gasteiger partial charge is 0.465 e. The normalized spacial score (nSPS) is 28.3. The first kappa shape index (κ1) is 35.7. The van der Waals surface area contributed by atoms with Gasteiger partial charge in [0.05, 0.1) is 25.9 Å². The van der Waals surface area contributed by atoms with Crippen LogP contribution < -0.4 is 4.74 Å². The summed E-state index contributed by atoms with van der Waals surface area (Å²) in [6.07, 6.45) is 10.5. The van der Waals surface area contributed by atoms with Crippen LogP contribution >= 0.6 is 35.3 Å². The lowest BCUT2D eigenvalue weighted by atomic mass is 10.1. The van der Waals surface area contributed by atoms with E-state index in [1.807, 2.05) is 30.3 Å². The van der Waals surface area contributed by atoms with E-state index >= 15 is 0 Å². The zero-order valence-electron chi connectivity index (χ0n) is 23.6. The maximum absolute atomic E-state index is 10.4. The fraction of sp³-hybridized carbons (Fsp3) is 0.759. The number of rotatable bonds is 12. The quantitative estimate of drug-likeness (QED) is 0.272. The molecule has 1 aromatic rings. The number of hydrogen-bond acceptors (Lipinski definition) is 11. The van der Waals surface area contributed by atoms with Crippen LogP contribution in [0.5, 0.6) is 5.75 Å². The summed E-state index contributed by atoms with van der Waals surface area (Å²) in [6, 6.07) is 9.75. The van der Waals surface area contributed by atoms with Crippen molar-refractivity contribution in [3.8, 4) is 5.75 Å². The Labute approximate surface area is 252 Å². The summed E-state index contributed by atoms with van der Waals surface area (Å²) in [4.78, 5) is 10.4. The lowest BCUT2D eigenvalue weighted by molar-refractivity contribution is -0.121. The average Bonchev–Trinajstić information content (AvgIpc) is 2.99. The monoisotopic (exact) mass is 620 g/mol. The first-order valence-electron chi connectivity index (χ1n) is 14.4. The van der Waals surface area contributed by atoms with Gasteiger partial charge in [0.25, 0.3) is 0 Å². The predicted octanol–water partition coefficient (Wildman–Crippen LogP) is 5.08. The molecule has 3 aliphatic rings. The molecule has 3 saturated heterocycles. The molecule has 1 aromatic carbocycles. The number of aliphatic hydroxyl groups excluding tert-OH is 3. The Morgan fingerprint density at radius 2 is 1.27 bits per heavy atom. The summed E-state index contributed by atoms with van der Waals surface area (Å²) >= 11 is 4.97. The second-order valence-electron chi connectivity index (χ2n) is 9.62. The Kier molecular flexibility index (Phi) is 20.5. The van der Waals surface area contributed by atoms with Gasteiger partial charge in [-0.05, 0) is 70.4 Å². The molecule has 0 aliphatic carbocycles. The molecular weight excluding hydrogens is 573 g/mol. The van der Waals surface area contributed by atoms with Gasteiger partial charge < -0.3 is 39.1 Å². The molecule has 0 saturated carbocycles. The number of ether oxygens (including phenoxy) is 4. The molecule has 6 atom stereocenters. The molecule has 0 bridgehead atoms. The molecule has 0 aromatic heterocycles. The molecule has 3 fully saturated rings. The minimum absolute atomic E-state index is 0.112. The summed E-state index contributed by atoms with van der Waals surface area (Å²) in [7, 11) is 0. The fourth-order valence-electron chi connectivity index (χ4n) is 4.30. The van der Waals surface area contributed by atoms with Gasteiger partial charge in [-0.25, -0.2) is 0 Å². The van der Waals surface area contributed by atoms with Gasteiger partial charge in [0.2, 0.25) is 6.29 Å². The van der Waals surface area contributed by atoms with E-state index in [0.717, 1.165) is 68.5 Å². The molecule has 8 nitrogen and oxygen atoms in total. The number of para-hydroxylation sites is 1. The van der Waals surface area contributed by atoms with Gasteiger partial charge in [-0.3, -0.25) is 0 Å². The minimum atomic E-state index is -0.213. The summed E-state index contributed by atoms with van der Waals surface area (Å²) in [5, 5.41) is 26.0. The van der Waals surface area contributed by atoms with E-state index in [-0.39, 0.29) is 43.1 Å². The third-order valence-electron chi connectivity index (χ3n) is 6.22. The zero-order chi connectivity index (χ0) is 28.8. The molecular formula is C29H48O8S3. The SMILES string of the molecule is CC1CCCC(SCCO)O1.O=CC1CCCC(SCCO)O1.OCCSC1CCCC(Oc2ccccc2)O1. The van der Waals surface area contributed by atoms with E-state index in [1.165, 1.54) is 12.8 Å². The molecule has 3 aliphatic heterocycles. The third-order valence-corrected chi connectivity index (χ3v) is 9.63. The maximum Gasteiger partial charge on any atom is 0.201 e. The van der Waals surface area contributed by atoms with Crippen LogP contribution in [0.25, 0.3) is 0 Å². The number of aldehydes is 1. The minimum Gasteiger partial charge on any atom is -0.465 e. The van der Waals surface area contributed by atoms with Crippen LogP contribution in [0.2, 0.25) is 0 Å². The van der Waals surface area contributed by atoms with Crippen LogP contribution in [-0.2, 0) is 19.0 Å². The van der Waals surface area contributed by atoms with Crippen molar-refractivity contribution in [3.05, 3.63) is 30.3 Å². The van der Waals surface area contributed by atoms with Crippen LogP contribution in [-0.4, -0.2) is 93.5 Å². The van der Waals surface area contributed by atoms with Crippen molar-refractivity contribution < 1.29 is 39.1 Å². The molecule has 0 amide bonds. The second-order valence-corrected chi connectivity index (χ2v) is 13.4. The van der Waals surface area contributed by atoms with E-state index in [9.17, 15) is 4.79 Å². The molecule has 11 heteroatoms. The molecule has 0 spiro atoms. The van der Waals surface area contributed by atoms with Crippen LogP contribution in [0, 0.1) is 0 Å². The van der Waals surface area contributed by atoms with Crippen LogP contribution in [0.3, 0.4) is 0 Å². The van der Waals surface area contributed by atoms with Crippen LogP contribution in [0.1, 0.15) is 64.7 Å². The van der Waals surface area contributed by atoms with Crippen LogP contribution in [0.4, 0.5) is 0 Å². The lowest BCUT2D eigenvalue weighted by Crippen LogP contribution is -2.30. The Bertz CT molecular complexity index is 747. The molecule has 6 unspecified atom stereocenters. The van der Waals surface area contributed by atoms with Gasteiger partial charge in [0, 0.05) is 23.7 Å². The summed E-state index contributed by atoms with van der Waals surface area (Å²) < 4.78 is 22.7. The molecule has 40 heavy (non-hydrogen) atoms. The first-order valence-corrected chi connectivity index (χ1v) is 17.5. The standard InChI is InChI=1S/C13H18O3S.C8H14O3S.C8H16O2S/c14-9-10-17-13-8-4-7-12(16-13)15-11-5-2-1-3-6-11;9-4-5-12-8-3-1-2-7(6-10)11-8;1-7-3-2-4-8(10-7)11-6-5-9/h1-3,5-6,12-14H,4,7-10H2;6-9H,1-5H2;7-9H,2-6H2,1H3. The van der Waals surface area contributed by atoms with Gasteiger partial charge in [-0.15, -0.1) is 35.3 Å². The highest BCUT2D eigenvalue weighted by molar-refractivity contribution is 8.00. The van der Waals surface area contributed by atoms with Gasteiger partial charge in [0.1, 0.15) is 34.4 Å². The van der Waals surface area contributed by atoms with Gasteiger partial charge in [0.15, 0.2) is 0 Å². The van der Waals surface area contributed by atoms with Crippen molar-refractivity contribution in [1.29, 1.82) is 0 Å². The zero-order valence-corrected chi connectivity index (χ0v) is 26.1. The predicted molar refractivity (Wildman–Crippen MR) is 165 cm³/mol. The van der Waals surface area contributed by atoms with Crippen LogP contribution in [0.15, 0.2) is 30.3 Å². The summed E-state index contributed by atoms with van der Waals surface area (Å²) in [5.41, 5.74) is 0.608. The Morgan fingerprint density at radius 1 is 0.750 bits per heavy atom. The van der Waals surface area contributed by atoms with Gasteiger partial charge >= 0.3 is 0 Å². The number of benzene rings is 1. The molecule has 4 rings (SSSR count). The number of aliphatic hydroxyl groups is 3. The van der Waals surface area contributed by atoms with E-state index in [0.29, 0.717) is 17.3 Å². The topological polar surface area (TPSA) is 115 Å². The molecule has 3 N–H and O–H groups in total. The smallest absolute Gasteiger partial charge is 0.201 e. The van der Waals surface area contributed by atoms with E-state index < -0.39 is 0 Å². The highest BCUT2D eigenvalue weighted by atomic mass is 32.2. The van der Waals surface area contributed by atoms with Crippen molar-refractivity contribution >= 4 is 41.6 Å².